The van der Waals surface area contributed by atoms with Crippen molar-refractivity contribution in [2.75, 3.05) is 12.0 Å². The largest absolute Gasteiger partial charge is 0.398 e. The Balaban J connectivity index is 2.75. The first kappa shape index (κ1) is 12.3. The van der Waals surface area contributed by atoms with Gasteiger partial charge in [0.25, 0.3) is 0 Å². The summed E-state index contributed by atoms with van der Waals surface area (Å²) in [4.78, 5) is 0.789. The van der Waals surface area contributed by atoms with Crippen molar-refractivity contribution in [3.63, 3.8) is 0 Å². The highest BCUT2D eigenvalue weighted by molar-refractivity contribution is 9.10. The van der Waals surface area contributed by atoms with E-state index in [0.717, 1.165) is 20.5 Å². The Kier molecular flexibility index (Phi) is 3.64. The van der Waals surface area contributed by atoms with Gasteiger partial charge < -0.3 is 5.73 Å². The zero-order valence-corrected chi connectivity index (χ0v) is 11.7. The van der Waals surface area contributed by atoms with E-state index < -0.39 is 10.8 Å². The van der Waals surface area contributed by atoms with Crippen molar-refractivity contribution in [2.24, 2.45) is 0 Å². The average molecular weight is 310 g/mol. The lowest BCUT2D eigenvalue weighted by atomic mass is 10.0. The first-order chi connectivity index (χ1) is 8.11. The molecule has 0 aromatic heterocycles. The Labute approximate surface area is 111 Å². The van der Waals surface area contributed by atoms with E-state index in [9.17, 15) is 4.21 Å². The predicted molar refractivity (Wildman–Crippen MR) is 76.3 cm³/mol. The second-order valence-electron chi connectivity index (χ2n) is 3.65. The van der Waals surface area contributed by atoms with Crippen molar-refractivity contribution in [2.45, 2.75) is 4.90 Å². The van der Waals surface area contributed by atoms with Crippen LogP contribution in [0, 0.1) is 0 Å². The van der Waals surface area contributed by atoms with E-state index in [1.807, 2.05) is 42.5 Å². The Morgan fingerprint density at radius 2 is 1.82 bits per heavy atom. The molecule has 1 unspecified atom stereocenters. The van der Waals surface area contributed by atoms with Crippen LogP contribution in [-0.4, -0.2) is 10.5 Å². The van der Waals surface area contributed by atoms with Gasteiger partial charge in [-0.05, 0) is 18.2 Å². The minimum atomic E-state index is -1.05. The number of nitrogens with two attached hydrogens (primary N) is 1. The number of halogens is 1. The van der Waals surface area contributed by atoms with Gasteiger partial charge >= 0.3 is 0 Å². The molecule has 0 amide bonds. The first-order valence-corrected chi connectivity index (χ1v) is 7.43. The van der Waals surface area contributed by atoms with Crippen molar-refractivity contribution in [1.82, 2.24) is 0 Å². The molecule has 0 aliphatic heterocycles. The first-order valence-electron chi connectivity index (χ1n) is 5.08. The molecule has 2 nitrogen and oxygen atoms in total. The molecule has 1 atom stereocenters. The summed E-state index contributed by atoms with van der Waals surface area (Å²) in [6, 6.07) is 13.3. The second kappa shape index (κ2) is 5.02. The third kappa shape index (κ3) is 2.42. The van der Waals surface area contributed by atoms with Crippen molar-refractivity contribution in [3.8, 4) is 11.1 Å². The maximum absolute atomic E-state index is 11.8. The third-order valence-corrected chi connectivity index (χ3v) is 4.14. The van der Waals surface area contributed by atoms with Crippen LogP contribution in [0.1, 0.15) is 0 Å². The molecule has 0 heterocycles. The van der Waals surface area contributed by atoms with Crippen LogP contribution in [0.15, 0.2) is 51.8 Å². The van der Waals surface area contributed by atoms with E-state index in [1.54, 1.807) is 6.26 Å². The standard InChI is InChI=1S/C13H12BrNOS/c1-17(16)12-8-4-6-10(14)13(12)9-5-2-3-7-11(9)15/h2-8H,15H2,1H3. The molecule has 0 saturated heterocycles. The zero-order valence-electron chi connectivity index (χ0n) is 9.31. The van der Waals surface area contributed by atoms with E-state index in [4.69, 9.17) is 5.73 Å². The summed E-state index contributed by atoms with van der Waals surface area (Å²) in [6.07, 6.45) is 1.67. The minimum Gasteiger partial charge on any atom is -0.398 e. The Morgan fingerprint density at radius 1 is 1.12 bits per heavy atom. The van der Waals surface area contributed by atoms with E-state index in [1.165, 1.54) is 0 Å². The summed E-state index contributed by atoms with van der Waals surface area (Å²) in [6.45, 7) is 0. The van der Waals surface area contributed by atoms with Crippen LogP contribution >= 0.6 is 15.9 Å². The maximum atomic E-state index is 11.8. The van der Waals surface area contributed by atoms with Crippen LogP contribution < -0.4 is 5.73 Å². The SMILES string of the molecule is CS(=O)c1cccc(Br)c1-c1ccccc1N. The maximum Gasteiger partial charge on any atom is 0.0504 e. The fourth-order valence-corrected chi connectivity index (χ4v) is 3.22. The van der Waals surface area contributed by atoms with Gasteiger partial charge in [-0.2, -0.15) is 0 Å². The predicted octanol–water partition coefficient (Wildman–Crippen LogP) is 3.44. The summed E-state index contributed by atoms with van der Waals surface area (Å²) < 4.78 is 12.7. The second-order valence-corrected chi connectivity index (χ2v) is 5.86. The molecule has 0 spiro atoms. The number of benzene rings is 2. The molecule has 2 aromatic rings. The van der Waals surface area contributed by atoms with Gasteiger partial charge in [-0.15, -0.1) is 0 Å². The van der Waals surface area contributed by atoms with Gasteiger partial charge in [0.05, 0.1) is 10.8 Å². The van der Waals surface area contributed by atoms with Crippen molar-refractivity contribution < 1.29 is 4.21 Å². The third-order valence-electron chi connectivity index (χ3n) is 2.52. The number of hydrogen-bond acceptors (Lipinski definition) is 2. The van der Waals surface area contributed by atoms with Crippen molar-refractivity contribution in [3.05, 3.63) is 46.9 Å². The molecule has 0 saturated carbocycles. The van der Waals surface area contributed by atoms with Gasteiger partial charge in [-0.3, -0.25) is 4.21 Å². The lowest BCUT2D eigenvalue weighted by molar-refractivity contribution is 0.687. The normalized spacial score (nSPS) is 12.4. The Hall–Kier alpha value is -1.13. The van der Waals surface area contributed by atoms with Gasteiger partial charge in [0.2, 0.25) is 0 Å². The molecule has 0 fully saturated rings. The van der Waals surface area contributed by atoms with Crippen molar-refractivity contribution >= 4 is 32.4 Å². The average Bonchev–Trinajstić information content (AvgIpc) is 2.30. The Morgan fingerprint density at radius 3 is 2.47 bits per heavy atom. The van der Waals surface area contributed by atoms with Gasteiger partial charge in [0.15, 0.2) is 0 Å². The molecular formula is C13H12BrNOS. The summed E-state index contributed by atoms with van der Waals surface area (Å²) >= 11 is 3.50. The highest BCUT2D eigenvalue weighted by Gasteiger charge is 2.13. The van der Waals surface area contributed by atoms with Gasteiger partial charge in [0, 0.05) is 32.4 Å². The number of para-hydroxylation sites is 1. The van der Waals surface area contributed by atoms with Crippen LogP contribution in [0.5, 0.6) is 0 Å². The molecule has 0 aliphatic rings. The smallest absolute Gasteiger partial charge is 0.0504 e. The van der Waals surface area contributed by atoms with E-state index in [2.05, 4.69) is 15.9 Å². The molecule has 2 aromatic carbocycles. The fraction of sp³-hybridized carbons (Fsp3) is 0.0769. The topological polar surface area (TPSA) is 43.1 Å². The van der Waals surface area contributed by atoms with Gasteiger partial charge in [0.1, 0.15) is 0 Å². The van der Waals surface area contributed by atoms with Crippen LogP contribution in [0.4, 0.5) is 5.69 Å². The molecule has 2 rings (SSSR count). The summed E-state index contributed by atoms with van der Waals surface area (Å²) in [5.41, 5.74) is 8.47. The van der Waals surface area contributed by atoms with E-state index in [0.29, 0.717) is 5.69 Å². The number of hydrogen-bond donors (Lipinski definition) is 1. The number of nitrogen functional groups attached to an aromatic ring is 1. The highest BCUT2D eigenvalue weighted by atomic mass is 79.9. The highest BCUT2D eigenvalue weighted by Crippen LogP contribution is 2.36. The molecule has 0 aliphatic carbocycles. The number of anilines is 1. The summed E-state index contributed by atoms with van der Waals surface area (Å²) in [5.74, 6) is 0. The lowest BCUT2D eigenvalue weighted by Crippen LogP contribution is -1.96. The van der Waals surface area contributed by atoms with Crippen LogP contribution in [-0.2, 0) is 10.8 Å². The monoisotopic (exact) mass is 309 g/mol. The van der Waals surface area contributed by atoms with Gasteiger partial charge in [-0.1, -0.05) is 40.2 Å². The molecular weight excluding hydrogens is 298 g/mol. The summed E-state index contributed by atoms with van der Waals surface area (Å²) in [7, 11) is -1.05. The van der Waals surface area contributed by atoms with Crippen LogP contribution in [0.25, 0.3) is 11.1 Å². The molecule has 0 bridgehead atoms. The van der Waals surface area contributed by atoms with E-state index >= 15 is 0 Å². The number of rotatable bonds is 2. The van der Waals surface area contributed by atoms with Crippen LogP contribution in [0.2, 0.25) is 0 Å². The fourth-order valence-electron chi connectivity index (χ4n) is 1.73. The molecule has 2 N–H and O–H groups in total. The van der Waals surface area contributed by atoms with E-state index in [-0.39, 0.29) is 0 Å². The molecule has 4 heteroatoms. The molecule has 17 heavy (non-hydrogen) atoms. The summed E-state index contributed by atoms with van der Waals surface area (Å²) in [5, 5.41) is 0. The molecule has 88 valence electrons. The minimum absolute atomic E-state index is 0.686. The quantitative estimate of drug-likeness (QED) is 0.864. The van der Waals surface area contributed by atoms with Crippen molar-refractivity contribution in [1.29, 1.82) is 0 Å². The van der Waals surface area contributed by atoms with Gasteiger partial charge in [-0.25, -0.2) is 0 Å². The lowest BCUT2D eigenvalue weighted by Gasteiger charge is -2.12. The van der Waals surface area contributed by atoms with Crippen LogP contribution in [0.3, 0.4) is 0 Å². The molecule has 0 radical (unpaired) electrons. The zero-order chi connectivity index (χ0) is 12.4. The Bertz CT molecular complexity index is 583.